The van der Waals surface area contributed by atoms with Crippen LogP contribution in [-0.4, -0.2) is 17.1 Å². The highest BCUT2D eigenvalue weighted by Gasteiger charge is 2.09. The Balaban J connectivity index is 1.83. The van der Waals surface area contributed by atoms with Gasteiger partial charge in [-0.15, -0.1) is 11.3 Å². The number of hydrogen-bond donors (Lipinski definition) is 2. The molecule has 0 spiro atoms. The van der Waals surface area contributed by atoms with Gasteiger partial charge in [0, 0.05) is 11.4 Å². The van der Waals surface area contributed by atoms with Crippen LogP contribution in [0.2, 0.25) is 0 Å². The van der Waals surface area contributed by atoms with Gasteiger partial charge in [0.2, 0.25) is 5.95 Å². The van der Waals surface area contributed by atoms with Crippen molar-refractivity contribution in [1.29, 1.82) is 0 Å². The first-order chi connectivity index (χ1) is 10.2. The molecule has 1 aromatic carbocycles. The van der Waals surface area contributed by atoms with Gasteiger partial charge in [0.25, 0.3) is 0 Å². The number of methoxy groups -OCH3 is 1. The van der Waals surface area contributed by atoms with Gasteiger partial charge in [-0.25, -0.2) is 4.98 Å². The first kappa shape index (κ1) is 13.6. The average molecular weight is 300 g/mol. The molecule has 0 saturated carbocycles. The van der Waals surface area contributed by atoms with Crippen LogP contribution in [0.4, 0.5) is 11.8 Å². The van der Waals surface area contributed by atoms with Gasteiger partial charge in [0.1, 0.15) is 16.4 Å². The molecule has 6 heteroatoms. The Morgan fingerprint density at radius 2 is 2.00 bits per heavy atom. The molecule has 0 bridgehead atoms. The molecule has 2 heterocycles. The predicted octanol–water partition coefficient (Wildman–Crippen LogP) is 3.20. The Hall–Kier alpha value is -2.34. The second-order valence-corrected chi connectivity index (χ2v) is 5.94. The number of nitrogen functional groups attached to an aromatic ring is 1. The van der Waals surface area contributed by atoms with Gasteiger partial charge < -0.3 is 15.8 Å². The number of thiophene rings is 1. The van der Waals surface area contributed by atoms with E-state index in [1.54, 1.807) is 18.4 Å². The molecule has 3 N–H and O–H groups in total. The Morgan fingerprint density at radius 3 is 2.71 bits per heavy atom. The second kappa shape index (κ2) is 5.57. The van der Waals surface area contributed by atoms with E-state index < -0.39 is 0 Å². The van der Waals surface area contributed by atoms with Crippen molar-refractivity contribution < 1.29 is 4.74 Å². The summed E-state index contributed by atoms with van der Waals surface area (Å²) in [6.07, 6.45) is 0. The van der Waals surface area contributed by atoms with Gasteiger partial charge >= 0.3 is 0 Å². The molecule has 0 radical (unpaired) electrons. The van der Waals surface area contributed by atoms with Crippen LogP contribution in [0, 0.1) is 6.92 Å². The monoisotopic (exact) mass is 300 g/mol. The van der Waals surface area contributed by atoms with Crippen LogP contribution >= 0.6 is 11.3 Å². The van der Waals surface area contributed by atoms with Crippen LogP contribution in [0.25, 0.3) is 10.2 Å². The molecule has 0 saturated heterocycles. The third-order valence-electron chi connectivity index (χ3n) is 3.15. The summed E-state index contributed by atoms with van der Waals surface area (Å²) in [4.78, 5) is 10.7. The lowest BCUT2D eigenvalue weighted by Gasteiger charge is -2.08. The van der Waals surface area contributed by atoms with E-state index in [0.717, 1.165) is 27.3 Å². The summed E-state index contributed by atoms with van der Waals surface area (Å²) >= 11 is 1.62. The number of ether oxygens (including phenoxy) is 1. The molecular formula is C15H16N4OS. The fourth-order valence-electron chi connectivity index (χ4n) is 2.12. The maximum atomic E-state index is 5.77. The fraction of sp³-hybridized carbons (Fsp3) is 0.200. The molecule has 0 unspecified atom stereocenters. The summed E-state index contributed by atoms with van der Waals surface area (Å²) in [5.74, 6) is 1.92. The summed E-state index contributed by atoms with van der Waals surface area (Å²) in [7, 11) is 1.66. The molecule has 0 atom stereocenters. The molecule has 0 aliphatic rings. The highest BCUT2D eigenvalue weighted by molar-refractivity contribution is 7.18. The van der Waals surface area contributed by atoms with Crippen LogP contribution in [0.1, 0.15) is 10.4 Å². The molecule has 108 valence electrons. The van der Waals surface area contributed by atoms with E-state index in [1.807, 2.05) is 24.3 Å². The van der Waals surface area contributed by atoms with Crippen LogP contribution < -0.4 is 15.8 Å². The van der Waals surface area contributed by atoms with E-state index in [0.29, 0.717) is 12.5 Å². The van der Waals surface area contributed by atoms with Crippen molar-refractivity contribution in [2.75, 3.05) is 18.2 Å². The zero-order valence-corrected chi connectivity index (χ0v) is 12.7. The quantitative estimate of drug-likeness (QED) is 0.774. The highest BCUT2D eigenvalue weighted by atomic mass is 32.1. The molecule has 0 fully saturated rings. The van der Waals surface area contributed by atoms with E-state index in [-0.39, 0.29) is 0 Å². The zero-order chi connectivity index (χ0) is 14.8. The van der Waals surface area contributed by atoms with Crippen molar-refractivity contribution in [2.24, 2.45) is 0 Å². The van der Waals surface area contributed by atoms with Gasteiger partial charge in [-0.2, -0.15) is 4.98 Å². The molecule has 0 aliphatic carbocycles. The smallest absolute Gasteiger partial charge is 0.223 e. The summed E-state index contributed by atoms with van der Waals surface area (Å²) in [5, 5.41) is 4.34. The van der Waals surface area contributed by atoms with Crippen molar-refractivity contribution in [1.82, 2.24) is 9.97 Å². The van der Waals surface area contributed by atoms with Gasteiger partial charge in [-0.05, 0) is 30.7 Å². The number of aryl methyl sites for hydroxylation is 1. The number of nitrogens with one attached hydrogen (secondary N) is 1. The SMILES string of the molecule is COc1ccc(CNc2nc(N)nc3sc(C)cc23)cc1. The Labute approximate surface area is 126 Å². The minimum atomic E-state index is 0.293. The lowest BCUT2D eigenvalue weighted by Crippen LogP contribution is -2.04. The molecule has 5 nitrogen and oxygen atoms in total. The van der Waals surface area contributed by atoms with Crippen molar-refractivity contribution >= 4 is 33.3 Å². The maximum absolute atomic E-state index is 5.77. The fourth-order valence-corrected chi connectivity index (χ4v) is 3.01. The summed E-state index contributed by atoms with van der Waals surface area (Å²) in [5.41, 5.74) is 6.92. The third kappa shape index (κ3) is 2.90. The van der Waals surface area contributed by atoms with Crippen molar-refractivity contribution in [2.45, 2.75) is 13.5 Å². The predicted molar refractivity (Wildman–Crippen MR) is 86.9 cm³/mol. The molecule has 0 amide bonds. The molecule has 0 aliphatic heterocycles. The Bertz CT molecular complexity index is 767. The minimum Gasteiger partial charge on any atom is -0.497 e. The van der Waals surface area contributed by atoms with Crippen LogP contribution in [-0.2, 0) is 6.54 Å². The van der Waals surface area contributed by atoms with Crippen LogP contribution in [0.5, 0.6) is 5.75 Å². The molecule has 3 rings (SSSR count). The average Bonchev–Trinajstić information content (AvgIpc) is 2.85. The summed E-state index contributed by atoms with van der Waals surface area (Å²) in [6, 6.07) is 10.0. The number of anilines is 2. The maximum Gasteiger partial charge on any atom is 0.223 e. The van der Waals surface area contributed by atoms with E-state index in [1.165, 1.54) is 4.88 Å². The number of nitrogens with zero attached hydrogens (tertiary/aromatic N) is 2. The minimum absolute atomic E-state index is 0.293. The number of hydrogen-bond acceptors (Lipinski definition) is 6. The molecular weight excluding hydrogens is 284 g/mol. The first-order valence-corrected chi connectivity index (χ1v) is 7.38. The van der Waals surface area contributed by atoms with Gasteiger partial charge in [-0.3, -0.25) is 0 Å². The van der Waals surface area contributed by atoms with Gasteiger partial charge in [-0.1, -0.05) is 12.1 Å². The van der Waals surface area contributed by atoms with Crippen molar-refractivity contribution in [3.63, 3.8) is 0 Å². The van der Waals surface area contributed by atoms with Crippen molar-refractivity contribution in [3.8, 4) is 5.75 Å². The summed E-state index contributed by atoms with van der Waals surface area (Å²) in [6.45, 7) is 2.72. The van der Waals surface area contributed by atoms with E-state index in [9.17, 15) is 0 Å². The molecule has 21 heavy (non-hydrogen) atoms. The normalized spacial score (nSPS) is 10.8. The highest BCUT2D eigenvalue weighted by Crippen LogP contribution is 2.29. The van der Waals surface area contributed by atoms with Gasteiger partial charge in [0.05, 0.1) is 12.5 Å². The Morgan fingerprint density at radius 1 is 1.24 bits per heavy atom. The van der Waals surface area contributed by atoms with Crippen molar-refractivity contribution in [3.05, 3.63) is 40.8 Å². The number of nitrogens with two attached hydrogens (primary N) is 1. The largest absolute Gasteiger partial charge is 0.497 e. The summed E-state index contributed by atoms with van der Waals surface area (Å²) < 4.78 is 5.15. The second-order valence-electron chi connectivity index (χ2n) is 4.71. The number of benzene rings is 1. The van der Waals surface area contributed by atoms with Crippen LogP contribution in [0.3, 0.4) is 0 Å². The lowest BCUT2D eigenvalue weighted by atomic mass is 10.2. The van der Waals surface area contributed by atoms with E-state index in [4.69, 9.17) is 10.5 Å². The van der Waals surface area contributed by atoms with E-state index in [2.05, 4.69) is 28.3 Å². The number of fused-ring (bicyclic) bond motifs is 1. The third-order valence-corrected chi connectivity index (χ3v) is 4.10. The molecule has 3 aromatic rings. The number of aromatic nitrogens is 2. The first-order valence-electron chi connectivity index (χ1n) is 6.56. The topological polar surface area (TPSA) is 73.1 Å². The molecule has 2 aromatic heterocycles. The lowest BCUT2D eigenvalue weighted by molar-refractivity contribution is 0.414. The van der Waals surface area contributed by atoms with E-state index >= 15 is 0 Å². The Kier molecular flexibility index (Phi) is 3.62. The standard InChI is InChI=1S/C15H16N4OS/c1-9-7-12-13(18-15(16)19-14(12)21-9)17-8-10-3-5-11(20-2)6-4-10/h3-7H,8H2,1-2H3,(H3,16,17,18,19). The zero-order valence-electron chi connectivity index (χ0n) is 11.9. The van der Waals surface area contributed by atoms with Gasteiger partial charge in [0.15, 0.2) is 0 Å². The number of rotatable bonds is 4. The van der Waals surface area contributed by atoms with Crippen LogP contribution in [0.15, 0.2) is 30.3 Å².